The summed E-state index contributed by atoms with van der Waals surface area (Å²) in [5, 5.41) is 12.4. The molecular formula is C23H34ClNO2. The molecule has 2 atom stereocenters. The smallest absolute Gasteiger partial charge is 0.161 e. The van der Waals surface area contributed by atoms with E-state index in [1.54, 1.807) is 6.08 Å². The molecule has 3 N–H and O–H groups in total. The average Bonchev–Trinajstić information content (AvgIpc) is 2.60. The topological polar surface area (TPSA) is 53.9 Å². The van der Waals surface area contributed by atoms with Crippen LogP contribution in [0.3, 0.4) is 0 Å². The molecule has 0 bridgehead atoms. The van der Waals surface area contributed by atoms with Crippen LogP contribution in [0.25, 0.3) is 0 Å². The van der Waals surface area contributed by atoms with Crippen molar-refractivity contribution in [3.05, 3.63) is 59.2 Å². The van der Waals surface area contributed by atoms with Gasteiger partial charge in [0.2, 0.25) is 0 Å². The van der Waals surface area contributed by atoms with Crippen molar-refractivity contribution in [3.8, 4) is 0 Å². The van der Waals surface area contributed by atoms with Crippen molar-refractivity contribution in [3.63, 3.8) is 0 Å². The Morgan fingerprint density at radius 1 is 1.30 bits per heavy atom. The van der Waals surface area contributed by atoms with Gasteiger partial charge in [0.15, 0.2) is 5.78 Å². The minimum absolute atomic E-state index is 0. The lowest BCUT2D eigenvalue weighted by atomic mass is 9.72. The first-order valence-corrected chi connectivity index (χ1v) is 9.79. The zero-order chi connectivity index (χ0) is 19.2. The van der Waals surface area contributed by atoms with E-state index in [1.165, 1.54) is 24.0 Å². The van der Waals surface area contributed by atoms with E-state index < -0.39 is 6.10 Å². The van der Waals surface area contributed by atoms with Crippen LogP contribution in [0.1, 0.15) is 65.0 Å². The Hall–Kier alpha value is -1.42. The van der Waals surface area contributed by atoms with Crippen molar-refractivity contribution < 1.29 is 27.6 Å². The second-order valence-electron chi connectivity index (χ2n) is 8.22. The summed E-state index contributed by atoms with van der Waals surface area (Å²) in [4.78, 5) is 12.2. The Balaban J connectivity index is 0.00000364. The molecule has 27 heavy (non-hydrogen) atoms. The van der Waals surface area contributed by atoms with Gasteiger partial charge in [-0.15, -0.1) is 0 Å². The van der Waals surface area contributed by atoms with Crippen LogP contribution in [0.5, 0.6) is 0 Å². The quantitative estimate of drug-likeness (QED) is 0.641. The maximum Gasteiger partial charge on any atom is 0.161 e. The molecule has 0 amide bonds. The van der Waals surface area contributed by atoms with Crippen LogP contribution in [0.2, 0.25) is 0 Å². The van der Waals surface area contributed by atoms with Gasteiger partial charge in [-0.1, -0.05) is 55.8 Å². The highest BCUT2D eigenvalue weighted by molar-refractivity contribution is 5.90. The van der Waals surface area contributed by atoms with E-state index in [9.17, 15) is 9.90 Å². The molecule has 0 aliphatic heterocycles. The Bertz CT molecular complexity index is 664. The maximum atomic E-state index is 12.2. The fourth-order valence-corrected chi connectivity index (χ4v) is 3.84. The molecule has 2 rings (SSSR count). The van der Waals surface area contributed by atoms with E-state index in [0.717, 1.165) is 12.0 Å². The highest BCUT2D eigenvalue weighted by Crippen LogP contribution is 2.40. The largest absolute Gasteiger partial charge is 1.00 e. The number of benzene rings is 1. The molecule has 3 nitrogen and oxygen atoms in total. The average molecular weight is 392 g/mol. The summed E-state index contributed by atoms with van der Waals surface area (Å²) in [7, 11) is 0. The second kappa shape index (κ2) is 10.8. The van der Waals surface area contributed by atoms with Crippen molar-refractivity contribution in [2.45, 2.75) is 65.5 Å². The van der Waals surface area contributed by atoms with Crippen LogP contribution in [0, 0.1) is 5.41 Å². The predicted molar refractivity (Wildman–Crippen MR) is 107 cm³/mol. The molecule has 0 saturated carbocycles. The number of ketones is 1. The fraction of sp³-hybridized carbons (Fsp3) is 0.522. The van der Waals surface area contributed by atoms with Gasteiger partial charge in [-0.05, 0) is 55.7 Å². The van der Waals surface area contributed by atoms with E-state index in [-0.39, 0.29) is 29.6 Å². The maximum absolute atomic E-state index is 12.2. The van der Waals surface area contributed by atoms with Crippen molar-refractivity contribution in [1.82, 2.24) is 0 Å². The summed E-state index contributed by atoms with van der Waals surface area (Å²) in [5.74, 6) is 0.157. The van der Waals surface area contributed by atoms with Gasteiger partial charge >= 0.3 is 0 Å². The van der Waals surface area contributed by atoms with Crippen LogP contribution in [-0.2, 0) is 4.79 Å². The van der Waals surface area contributed by atoms with E-state index >= 15 is 0 Å². The summed E-state index contributed by atoms with van der Waals surface area (Å²) >= 11 is 0. The number of halogens is 1. The van der Waals surface area contributed by atoms with E-state index in [4.69, 9.17) is 0 Å². The predicted octanol–water partition coefficient (Wildman–Crippen LogP) is 0.718. The normalized spacial score (nSPS) is 18.9. The number of nitrogens with two attached hydrogens (primary N) is 1. The molecule has 4 heteroatoms. The van der Waals surface area contributed by atoms with E-state index in [2.05, 4.69) is 26.1 Å². The van der Waals surface area contributed by atoms with Crippen molar-refractivity contribution in [2.75, 3.05) is 6.54 Å². The van der Waals surface area contributed by atoms with Gasteiger partial charge in [-0.3, -0.25) is 4.79 Å². The number of quaternary nitrogens is 1. The number of rotatable bonds is 8. The molecule has 0 aromatic heterocycles. The number of aliphatic hydroxyl groups excluding tert-OH is 1. The highest BCUT2D eigenvalue weighted by atomic mass is 35.5. The fourth-order valence-electron chi connectivity index (χ4n) is 3.84. The SMILES string of the molecule is CC1=C(/C=C/C(=O)CC[NH2+]C(C)C(O)c2ccccc2)C(C)(C)CCC1.[Cl-]. The number of hydrogen-bond donors (Lipinski definition) is 2. The molecule has 0 spiro atoms. The molecule has 1 aromatic rings. The third-order valence-electron chi connectivity index (χ3n) is 5.55. The monoisotopic (exact) mass is 391 g/mol. The third-order valence-corrected chi connectivity index (χ3v) is 5.55. The van der Waals surface area contributed by atoms with Gasteiger partial charge in [-0.25, -0.2) is 0 Å². The summed E-state index contributed by atoms with van der Waals surface area (Å²) in [6.45, 7) is 9.40. The number of carbonyl (C=O) groups is 1. The first-order chi connectivity index (χ1) is 12.3. The summed E-state index contributed by atoms with van der Waals surface area (Å²) in [6.07, 6.45) is 7.32. The molecule has 0 saturated heterocycles. The molecule has 0 fully saturated rings. The standard InChI is InChI=1S/C23H33NO2.ClH/c1-17-9-8-15-23(3,4)21(17)13-12-20(25)14-16-24-18(2)22(26)19-10-6-5-7-11-19;/h5-7,10-13,18,22,24,26H,8-9,14-16H2,1-4H3;1H/b13-12+;. The summed E-state index contributed by atoms with van der Waals surface area (Å²) in [5.41, 5.74) is 3.83. The van der Waals surface area contributed by atoms with Gasteiger partial charge in [0, 0.05) is 0 Å². The van der Waals surface area contributed by atoms with Gasteiger partial charge in [0.1, 0.15) is 12.1 Å². The van der Waals surface area contributed by atoms with Crippen LogP contribution < -0.4 is 17.7 Å². The number of aliphatic hydroxyl groups is 1. The number of hydrogen-bond acceptors (Lipinski definition) is 2. The second-order valence-corrected chi connectivity index (χ2v) is 8.22. The summed E-state index contributed by atoms with van der Waals surface area (Å²) in [6, 6.07) is 9.71. The van der Waals surface area contributed by atoms with Crippen molar-refractivity contribution in [2.24, 2.45) is 5.41 Å². The molecule has 0 heterocycles. The van der Waals surface area contributed by atoms with Crippen LogP contribution in [0.15, 0.2) is 53.6 Å². The van der Waals surface area contributed by atoms with E-state index in [0.29, 0.717) is 13.0 Å². The minimum Gasteiger partial charge on any atom is -1.00 e. The van der Waals surface area contributed by atoms with Crippen LogP contribution in [-0.4, -0.2) is 23.5 Å². The molecule has 0 radical (unpaired) electrons. The van der Waals surface area contributed by atoms with Crippen LogP contribution in [0.4, 0.5) is 0 Å². The van der Waals surface area contributed by atoms with Gasteiger partial charge < -0.3 is 22.8 Å². The summed E-state index contributed by atoms with van der Waals surface area (Å²) < 4.78 is 0. The number of allylic oxidation sites excluding steroid dienone is 4. The van der Waals surface area contributed by atoms with Gasteiger partial charge in [0.25, 0.3) is 0 Å². The molecule has 1 aromatic carbocycles. The lowest BCUT2D eigenvalue weighted by molar-refractivity contribution is -0.693. The molecule has 1 aliphatic rings. The molecular weight excluding hydrogens is 358 g/mol. The lowest BCUT2D eigenvalue weighted by Crippen LogP contribution is -3.00. The van der Waals surface area contributed by atoms with Gasteiger partial charge in [0.05, 0.1) is 13.0 Å². The molecule has 150 valence electrons. The lowest BCUT2D eigenvalue weighted by Gasteiger charge is -2.32. The Kier molecular flexibility index (Phi) is 9.44. The number of carbonyl (C=O) groups excluding carboxylic acids is 1. The zero-order valence-corrected chi connectivity index (χ0v) is 17.8. The molecule has 1 aliphatic carbocycles. The first-order valence-electron chi connectivity index (χ1n) is 9.79. The van der Waals surface area contributed by atoms with E-state index in [1.807, 2.05) is 43.3 Å². The first kappa shape index (κ1) is 23.6. The third kappa shape index (κ3) is 6.91. The molecule has 2 unspecified atom stereocenters. The Morgan fingerprint density at radius 2 is 1.96 bits per heavy atom. The zero-order valence-electron chi connectivity index (χ0n) is 17.0. The Labute approximate surface area is 170 Å². The van der Waals surface area contributed by atoms with Crippen molar-refractivity contribution >= 4 is 5.78 Å². The van der Waals surface area contributed by atoms with Crippen LogP contribution >= 0.6 is 0 Å². The van der Waals surface area contributed by atoms with Crippen molar-refractivity contribution in [1.29, 1.82) is 0 Å². The minimum atomic E-state index is -0.516. The highest BCUT2D eigenvalue weighted by Gasteiger charge is 2.26. The van der Waals surface area contributed by atoms with Gasteiger partial charge in [-0.2, -0.15) is 0 Å². The Morgan fingerprint density at radius 3 is 2.59 bits per heavy atom.